The smallest absolute Gasteiger partial charge is 0.0589 e. The summed E-state index contributed by atoms with van der Waals surface area (Å²) in [7, 11) is 0. The first-order chi connectivity index (χ1) is 5.97. The summed E-state index contributed by atoms with van der Waals surface area (Å²) in [6.07, 6.45) is 1.67. The third kappa shape index (κ3) is 4.25. The number of nitrogens with one attached hydrogen (secondary N) is 1. The monoisotopic (exact) mass is 198 g/mol. The molecule has 1 aromatic rings. The molecule has 0 aromatic carbocycles. The molecule has 1 N–H and O–H groups in total. The number of pyridine rings is 1. The molecule has 0 bridgehead atoms. The minimum Gasteiger partial charge on any atom is -0.306 e. The molecule has 0 aliphatic carbocycles. The fraction of sp³-hybridized carbons (Fsp3) is 0.500. The topological polar surface area (TPSA) is 24.9 Å². The summed E-state index contributed by atoms with van der Waals surface area (Å²) in [4.78, 5) is 4.19. The lowest BCUT2D eigenvalue weighted by Gasteiger charge is -2.19. The largest absolute Gasteiger partial charge is 0.306 e. The quantitative estimate of drug-likeness (QED) is 0.791. The molecular formula is C10H15ClN2. The predicted octanol–water partition coefficient (Wildman–Crippen LogP) is 2.62. The standard InChI is InChI=1S/C10H15ClN2/c1-10(2,3)13-7-9-5-4-8(11)6-12-9/h4-6,13H,7H2,1-3H3. The molecule has 2 nitrogen and oxygen atoms in total. The van der Waals surface area contributed by atoms with Crippen LogP contribution < -0.4 is 5.32 Å². The Hall–Kier alpha value is -0.600. The van der Waals surface area contributed by atoms with E-state index in [-0.39, 0.29) is 5.54 Å². The zero-order valence-corrected chi connectivity index (χ0v) is 9.02. The molecule has 1 heterocycles. The number of nitrogens with zero attached hydrogens (tertiary/aromatic N) is 1. The Labute approximate surface area is 84.3 Å². The van der Waals surface area contributed by atoms with Crippen LogP contribution in [0.5, 0.6) is 0 Å². The van der Waals surface area contributed by atoms with Gasteiger partial charge in [0, 0.05) is 18.3 Å². The first kappa shape index (κ1) is 10.5. The van der Waals surface area contributed by atoms with E-state index in [0.29, 0.717) is 5.02 Å². The second-order valence-corrected chi connectivity index (χ2v) is 4.51. The highest BCUT2D eigenvalue weighted by Crippen LogP contribution is 2.07. The van der Waals surface area contributed by atoms with Crippen molar-refractivity contribution in [3.05, 3.63) is 29.0 Å². The predicted molar refractivity (Wildman–Crippen MR) is 55.8 cm³/mol. The van der Waals surface area contributed by atoms with Gasteiger partial charge in [0.25, 0.3) is 0 Å². The summed E-state index contributed by atoms with van der Waals surface area (Å²) in [6, 6.07) is 3.79. The van der Waals surface area contributed by atoms with Crippen LogP contribution in [0.2, 0.25) is 5.02 Å². The molecule has 13 heavy (non-hydrogen) atoms. The van der Waals surface area contributed by atoms with Gasteiger partial charge in [-0.05, 0) is 32.9 Å². The number of aromatic nitrogens is 1. The molecular weight excluding hydrogens is 184 g/mol. The Morgan fingerprint density at radius 1 is 1.38 bits per heavy atom. The van der Waals surface area contributed by atoms with Gasteiger partial charge in [-0.15, -0.1) is 0 Å². The summed E-state index contributed by atoms with van der Waals surface area (Å²) in [5.74, 6) is 0. The van der Waals surface area contributed by atoms with Crippen LogP contribution in [0.15, 0.2) is 18.3 Å². The van der Waals surface area contributed by atoms with Gasteiger partial charge in [0.2, 0.25) is 0 Å². The van der Waals surface area contributed by atoms with Crippen LogP contribution in [-0.4, -0.2) is 10.5 Å². The first-order valence-electron chi connectivity index (χ1n) is 4.33. The number of halogens is 1. The third-order valence-corrected chi connectivity index (χ3v) is 1.81. The Morgan fingerprint density at radius 2 is 2.08 bits per heavy atom. The van der Waals surface area contributed by atoms with Gasteiger partial charge in [0.1, 0.15) is 0 Å². The number of hydrogen-bond acceptors (Lipinski definition) is 2. The van der Waals surface area contributed by atoms with Crippen LogP contribution in [0.25, 0.3) is 0 Å². The van der Waals surface area contributed by atoms with Gasteiger partial charge in [-0.25, -0.2) is 0 Å². The van der Waals surface area contributed by atoms with E-state index >= 15 is 0 Å². The third-order valence-electron chi connectivity index (χ3n) is 1.59. The zero-order valence-electron chi connectivity index (χ0n) is 8.26. The molecule has 1 aromatic heterocycles. The van der Waals surface area contributed by atoms with Gasteiger partial charge in [0.05, 0.1) is 10.7 Å². The van der Waals surface area contributed by atoms with Crippen LogP contribution in [0, 0.1) is 0 Å². The Kier molecular flexibility index (Phi) is 3.28. The lowest BCUT2D eigenvalue weighted by molar-refractivity contribution is 0.421. The Balaban J connectivity index is 2.51. The van der Waals surface area contributed by atoms with Gasteiger partial charge in [-0.3, -0.25) is 4.98 Å². The average molecular weight is 199 g/mol. The van der Waals surface area contributed by atoms with Crippen molar-refractivity contribution in [2.75, 3.05) is 0 Å². The van der Waals surface area contributed by atoms with Crippen molar-refractivity contribution < 1.29 is 0 Å². The minimum atomic E-state index is 0.126. The Bertz CT molecular complexity index is 261. The van der Waals surface area contributed by atoms with Crippen molar-refractivity contribution in [2.45, 2.75) is 32.9 Å². The lowest BCUT2D eigenvalue weighted by atomic mass is 10.1. The lowest BCUT2D eigenvalue weighted by Crippen LogP contribution is -2.35. The van der Waals surface area contributed by atoms with E-state index in [9.17, 15) is 0 Å². The maximum Gasteiger partial charge on any atom is 0.0589 e. The van der Waals surface area contributed by atoms with Crippen LogP contribution in [0.1, 0.15) is 26.5 Å². The van der Waals surface area contributed by atoms with Gasteiger partial charge >= 0.3 is 0 Å². The minimum absolute atomic E-state index is 0.126. The van der Waals surface area contributed by atoms with Crippen LogP contribution in [0.3, 0.4) is 0 Å². The van der Waals surface area contributed by atoms with Crippen LogP contribution >= 0.6 is 11.6 Å². The number of rotatable bonds is 2. The van der Waals surface area contributed by atoms with Crippen molar-refractivity contribution in [1.29, 1.82) is 0 Å². The molecule has 0 saturated carbocycles. The van der Waals surface area contributed by atoms with Crippen molar-refractivity contribution in [3.8, 4) is 0 Å². The van der Waals surface area contributed by atoms with E-state index in [4.69, 9.17) is 11.6 Å². The number of hydrogen-bond donors (Lipinski definition) is 1. The molecule has 0 spiro atoms. The zero-order chi connectivity index (χ0) is 9.90. The fourth-order valence-corrected chi connectivity index (χ4v) is 0.979. The van der Waals surface area contributed by atoms with E-state index in [2.05, 4.69) is 31.1 Å². The molecule has 0 saturated heterocycles. The molecule has 0 fully saturated rings. The molecule has 0 amide bonds. The normalized spacial score (nSPS) is 11.7. The highest BCUT2D eigenvalue weighted by molar-refractivity contribution is 6.30. The van der Waals surface area contributed by atoms with Crippen molar-refractivity contribution in [1.82, 2.24) is 10.3 Å². The van der Waals surface area contributed by atoms with Gasteiger partial charge < -0.3 is 5.32 Å². The molecule has 1 rings (SSSR count). The molecule has 0 radical (unpaired) electrons. The molecule has 0 unspecified atom stereocenters. The van der Waals surface area contributed by atoms with Crippen molar-refractivity contribution in [3.63, 3.8) is 0 Å². The maximum absolute atomic E-state index is 5.72. The summed E-state index contributed by atoms with van der Waals surface area (Å²) in [5.41, 5.74) is 1.14. The second kappa shape index (κ2) is 4.07. The Morgan fingerprint density at radius 3 is 2.54 bits per heavy atom. The summed E-state index contributed by atoms with van der Waals surface area (Å²) in [6.45, 7) is 7.16. The van der Waals surface area contributed by atoms with E-state index in [1.807, 2.05) is 12.1 Å². The molecule has 72 valence electrons. The summed E-state index contributed by atoms with van der Waals surface area (Å²) < 4.78 is 0. The van der Waals surface area contributed by atoms with E-state index in [1.54, 1.807) is 6.20 Å². The van der Waals surface area contributed by atoms with Gasteiger partial charge in [0.15, 0.2) is 0 Å². The fourth-order valence-electron chi connectivity index (χ4n) is 0.867. The second-order valence-electron chi connectivity index (χ2n) is 4.07. The molecule has 3 heteroatoms. The van der Waals surface area contributed by atoms with E-state index in [1.165, 1.54) is 0 Å². The SMILES string of the molecule is CC(C)(C)NCc1ccc(Cl)cn1. The highest BCUT2D eigenvalue weighted by atomic mass is 35.5. The van der Waals surface area contributed by atoms with Gasteiger partial charge in [-0.2, -0.15) is 0 Å². The highest BCUT2D eigenvalue weighted by Gasteiger charge is 2.08. The summed E-state index contributed by atoms with van der Waals surface area (Å²) in [5, 5.41) is 4.03. The van der Waals surface area contributed by atoms with Crippen molar-refractivity contribution >= 4 is 11.6 Å². The van der Waals surface area contributed by atoms with Crippen LogP contribution in [0.4, 0.5) is 0 Å². The molecule has 0 atom stereocenters. The summed E-state index contributed by atoms with van der Waals surface area (Å²) >= 11 is 5.72. The first-order valence-corrected chi connectivity index (χ1v) is 4.71. The molecule has 0 aliphatic rings. The average Bonchev–Trinajstić information content (AvgIpc) is 2.02. The molecule has 0 aliphatic heterocycles. The van der Waals surface area contributed by atoms with Crippen LogP contribution in [-0.2, 0) is 6.54 Å². The maximum atomic E-state index is 5.72. The van der Waals surface area contributed by atoms with E-state index in [0.717, 1.165) is 12.2 Å². The van der Waals surface area contributed by atoms with Crippen molar-refractivity contribution in [2.24, 2.45) is 0 Å². The van der Waals surface area contributed by atoms with Gasteiger partial charge in [-0.1, -0.05) is 11.6 Å². The van der Waals surface area contributed by atoms with E-state index < -0.39 is 0 Å².